The average molecular weight is 256 g/mol. The molecule has 5 unspecified atom stereocenters. The van der Waals surface area contributed by atoms with E-state index in [-0.39, 0.29) is 19.0 Å². The molecule has 7 heteroatoms. The fourth-order valence-electron chi connectivity index (χ4n) is 1.97. The molecular formula is C9H18ClNO5. The molecule has 0 aromatic heterocycles. The van der Waals surface area contributed by atoms with Gasteiger partial charge < -0.3 is 30.2 Å². The zero-order valence-electron chi connectivity index (χ0n) is 9.20. The predicted octanol–water partition coefficient (Wildman–Crippen LogP) is -1.03. The Morgan fingerprint density at radius 3 is 2.50 bits per heavy atom. The summed E-state index contributed by atoms with van der Waals surface area (Å²) >= 11 is 0. The van der Waals surface area contributed by atoms with Crippen molar-refractivity contribution < 1.29 is 24.4 Å². The number of ether oxygens (including phenoxy) is 3. The minimum absolute atomic E-state index is 0. The molecule has 2 heterocycles. The van der Waals surface area contributed by atoms with Crippen molar-refractivity contribution in [3.8, 4) is 0 Å². The van der Waals surface area contributed by atoms with Crippen LogP contribution in [0.4, 0.5) is 0 Å². The average Bonchev–Trinajstić information content (AvgIpc) is 2.60. The number of halogens is 1. The fraction of sp³-hybridized carbons (Fsp3) is 1.00. The highest BCUT2D eigenvalue weighted by Gasteiger charge is 2.55. The lowest BCUT2D eigenvalue weighted by atomic mass is 10.1. The highest BCUT2D eigenvalue weighted by Crippen LogP contribution is 2.37. The van der Waals surface area contributed by atoms with Gasteiger partial charge in [0, 0.05) is 6.54 Å². The maximum atomic E-state index is 9.85. The summed E-state index contributed by atoms with van der Waals surface area (Å²) in [5.41, 5.74) is 5.29. The molecule has 0 spiro atoms. The minimum Gasteiger partial charge on any atom is -0.389 e. The van der Waals surface area contributed by atoms with Crippen LogP contribution in [0, 0.1) is 0 Å². The summed E-state index contributed by atoms with van der Waals surface area (Å²) in [5.74, 6) is -0.755. The molecule has 0 amide bonds. The number of fused-ring (bicyclic) bond motifs is 1. The predicted molar refractivity (Wildman–Crippen MR) is 57.0 cm³/mol. The summed E-state index contributed by atoms with van der Waals surface area (Å²) in [6.07, 6.45) is -3.72. The van der Waals surface area contributed by atoms with Gasteiger partial charge in [-0.3, -0.25) is 0 Å². The van der Waals surface area contributed by atoms with Gasteiger partial charge in [0.2, 0.25) is 0 Å². The standard InChI is InChI=1S/C9H17NO5.ClH/c1-9(2)14-7-5(12)6(4(11)3-10)13-8(7)15-9;/h4-8,11-12H,3,10H2,1-2H3;1H. The van der Waals surface area contributed by atoms with E-state index in [2.05, 4.69) is 0 Å². The maximum Gasteiger partial charge on any atom is 0.190 e. The first-order valence-electron chi connectivity index (χ1n) is 5.02. The molecule has 2 aliphatic heterocycles. The summed E-state index contributed by atoms with van der Waals surface area (Å²) in [4.78, 5) is 0. The van der Waals surface area contributed by atoms with Crippen LogP contribution in [0.5, 0.6) is 0 Å². The molecule has 0 bridgehead atoms. The molecule has 0 radical (unpaired) electrons. The van der Waals surface area contributed by atoms with Gasteiger partial charge in [-0.1, -0.05) is 0 Å². The van der Waals surface area contributed by atoms with Gasteiger partial charge in [0.25, 0.3) is 0 Å². The lowest BCUT2D eigenvalue weighted by molar-refractivity contribution is -0.225. The topological polar surface area (TPSA) is 94.2 Å². The van der Waals surface area contributed by atoms with E-state index in [1.165, 1.54) is 0 Å². The Kier molecular flexibility index (Phi) is 4.18. The molecule has 4 N–H and O–H groups in total. The molecule has 2 rings (SSSR count). The number of hydrogen-bond donors (Lipinski definition) is 3. The molecule has 0 aromatic carbocycles. The Labute approximate surface area is 100 Å². The molecule has 5 atom stereocenters. The van der Waals surface area contributed by atoms with Crippen LogP contribution in [0.25, 0.3) is 0 Å². The second-order valence-electron chi connectivity index (χ2n) is 4.36. The van der Waals surface area contributed by atoms with Crippen molar-refractivity contribution in [1.29, 1.82) is 0 Å². The summed E-state index contributed by atoms with van der Waals surface area (Å²) in [7, 11) is 0. The molecule has 16 heavy (non-hydrogen) atoms. The van der Waals surface area contributed by atoms with E-state index in [0.717, 1.165) is 0 Å². The molecule has 0 aliphatic carbocycles. The molecule has 2 saturated heterocycles. The molecule has 2 fully saturated rings. The Morgan fingerprint density at radius 2 is 2.00 bits per heavy atom. The molecular weight excluding hydrogens is 238 g/mol. The smallest absolute Gasteiger partial charge is 0.190 e. The highest BCUT2D eigenvalue weighted by atomic mass is 35.5. The van der Waals surface area contributed by atoms with Crippen LogP contribution in [0.3, 0.4) is 0 Å². The van der Waals surface area contributed by atoms with Crippen LogP contribution in [-0.4, -0.2) is 53.3 Å². The van der Waals surface area contributed by atoms with Gasteiger partial charge in [0.15, 0.2) is 12.1 Å². The van der Waals surface area contributed by atoms with Gasteiger partial charge in [-0.2, -0.15) is 0 Å². The van der Waals surface area contributed by atoms with Gasteiger partial charge in [-0.25, -0.2) is 0 Å². The quantitative estimate of drug-likeness (QED) is 0.584. The summed E-state index contributed by atoms with van der Waals surface area (Å²) in [5, 5.41) is 19.3. The van der Waals surface area contributed by atoms with Gasteiger partial charge >= 0.3 is 0 Å². The van der Waals surface area contributed by atoms with Crippen molar-refractivity contribution >= 4 is 12.4 Å². The van der Waals surface area contributed by atoms with Crippen LogP contribution in [0.2, 0.25) is 0 Å². The van der Waals surface area contributed by atoms with Crippen LogP contribution in [-0.2, 0) is 14.2 Å². The monoisotopic (exact) mass is 255 g/mol. The molecule has 6 nitrogen and oxygen atoms in total. The summed E-state index contributed by atoms with van der Waals surface area (Å²) < 4.78 is 16.2. The SMILES string of the molecule is CC1(C)OC2OC(C(O)CN)C(O)C2O1.Cl. The first kappa shape index (κ1) is 14.1. The number of aliphatic hydroxyl groups is 2. The Balaban J connectivity index is 0.00000128. The lowest BCUT2D eigenvalue weighted by Gasteiger charge is -2.25. The molecule has 0 saturated carbocycles. The molecule has 2 aliphatic rings. The number of rotatable bonds is 2. The van der Waals surface area contributed by atoms with E-state index >= 15 is 0 Å². The zero-order chi connectivity index (χ0) is 11.2. The van der Waals surface area contributed by atoms with E-state index in [9.17, 15) is 10.2 Å². The Morgan fingerprint density at radius 1 is 1.38 bits per heavy atom. The second-order valence-corrected chi connectivity index (χ2v) is 4.36. The maximum absolute atomic E-state index is 9.85. The van der Waals surface area contributed by atoms with Gasteiger partial charge in [0.05, 0.1) is 6.10 Å². The van der Waals surface area contributed by atoms with Gasteiger partial charge in [0.1, 0.15) is 18.3 Å². The van der Waals surface area contributed by atoms with Crippen molar-refractivity contribution in [3.05, 3.63) is 0 Å². The van der Waals surface area contributed by atoms with Crippen LogP contribution < -0.4 is 5.73 Å². The molecule has 96 valence electrons. The third-order valence-electron chi connectivity index (χ3n) is 2.67. The van der Waals surface area contributed by atoms with Gasteiger partial charge in [-0.15, -0.1) is 12.4 Å². The van der Waals surface area contributed by atoms with E-state index in [1.54, 1.807) is 13.8 Å². The first-order valence-corrected chi connectivity index (χ1v) is 5.02. The fourth-order valence-corrected chi connectivity index (χ4v) is 1.97. The molecule has 0 aromatic rings. The van der Waals surface area contributed by atoms with Crippen molar-refractivity contribution in [2.75, 3.05) is 6.54 Å². The highest BCUT2D eigenvalue weighted by molar-refractivity contribution is 5.85. The largest absolute Gasteiger partial charge is 0.389 e. The minimum atomic E-state index is -0.907. The summed E-state index contributed by atoms with van der Waals surface area (Å²) in [6, 6.07) is 0. The third-order valence-corrected chi connectivity index (χ3v) is 2.67. The van der Waals surface area contributed by atoms with Crippen LogP contribution in [0.1, 0.15) is 13.8 Å². The number of aliphatic hydroxyl groups excluding tert-OH is 2. The Bertz CT molecular complexity index is 252. The third kappa shape index (κ3) is 2.33. The van der Waals surface area contributed by atoms with E-state index < -0.39 is 36.5 Å². The van der Waals surface area contributed by atoms with E-state index in [1.807, 2.05) is 0 Å². The van der Waals surface area contributed by atoms with E-state index in [4.69, 9.17) is 19.9 Å². The van der Waals surface area contributed by atoms with Crippen molar-refractivity contribution in [3.63, 3.8) is 0 Å². The van der Waals surface area contributed by atoms with E-state index in [0.29, 0.717) is 0 Å². The van der Waals surface area contributed by atoms with Crippen molar-refractivity contribution in [2.45, 2.75) is 50.3 Å². The normalized spacial score (nSPS) is 42.6. The van der Waals surface area contributed by atoms with Crippen molar-refractivity contribution in [1.82, 2.24) is 0 Å². The number of nitrogens with two attached hydrogens (primary N) is 1. The van der Waals surface area contributed by atoms with Gasteiger partial charge in [-0.05, 0) is 13.8 Å². The second kappa shape index (κ2) is 4.73. The lowest BCUT2D eigenvalue weighted by Crippen LogP contribution is -2.43. The van der Waals surface area contributed by atoms with Crippen LogP contribution >= 0.6 is 12.4 Å². The van der Waals surface area contributed by atoms with Crippen LogP contribution in [0.15, 0.2) is 0 Å². The summed E-state index contributed by atoms with van der Waals surface area (Å²) in [6.45, 7) is 3.52. The zero-order valence-corrected chi connectivity index (χ0v) is 10.0. The Hall–Kier alpha value is 0.0500. The first-order chi connectivity index (χ1) is 6.94. The van der Waals surface area contributed by atoms with Crippen molar-refractivity contribution in [2.24, 2.45) is 5.73 Å². The number of hydrogen-bond acceptors (Lipinski definition) is 6.